The lowest BCUT2D eigenvalue weighted by Gasteiger charge is -2.12. The number of furan rings is 2. The predicted octanol–water partition coefficient (Wildman–Crippen LogP) is 14.2. The summed E-state index contributed by atoms with van der Waals surface area (Å²) in [5.74, 6) is 0. The minimum Gasteiger partial charge on any atom is -0.452 e. The molecule has 0 fully saturated rings. The van der Waals surface area contributed by atoms with Crippen molar-refractivity contribution < 1.29 is 8.83 Å². The molecule has 0 aliphatic rings. The molecule has 11 aromatic rings. The molecule has 0 atom stereocenters. The summed E-state index contributed by atoms with van der Waals surface area (Å²) in [6, 6.07) is 58.8. The molecule has 250 valence electrons. The van der Waals surface area contributed by atoms with E-state index in [1.165, 1.54) is 49.6 Å². The molecule has 53 heavy (non-hydrogen) atoms. The second kappa shape index (κ2) is 11.3. The van der Waals surface area contributed by atoms with Gasteiger partial charge in [0, 0.05) is 38.0 Å². The van der Waals surface area contributed by atoms with Gasteiger partial charge in [-0.2, -0.15) is 0 Å². The molecule has 0 aliphatic carbocycles. The van der Waals surface area contributed by atoms with E-state index in [9.17, 15) is 0 Å². The van der Waals surface area contributed by atoms with Crippen LogP contribution in [0.4, 0.5) is 0 Å². The van der Waals surface area contributed by atoms with Gasteiger partial charge >= 0.3 is 0 Å². The molecule has 3 nitrogen and oxygen atoms in total. The third-order valence-electron chi connectivity index (χ3n) is 11.1. The summed E-state index contributed by atoms with van der Waals surface area (Å²) >= 11 is 0. The van der Waals surface area contributed by atoms with Crippen molar-refractivity contribution in [1.82, 2.24) is 4.57 Å². The maximum absolute atomic E-state index is 6.68. The highest BCUT2D eigenvalue weighted by molar-refractivity contribution is 6.19. The quantitative estimate of drug-likeness (QED) is 0.185. The number of aryl methyl sites for hydroxylation is 2. The molecule has 0 N–H and O–H groups in total. The van der Waals surface area contributed by atoms with Gasteiger partial charge in [-0.1, -0.05) is 91.0 Å². The molecule has 3 heterocycles. The molecular weight excluding hydrogens is 647 g/mol. The van der Waals surface area contributed by atoms with Crippen molar-refractivity contribution in [2.45, 2.75) is 13.8 Å². The Morgan fingerprint density at radius 2 is 0.887 bits per heavy atom. The second-order valence-corrected chi connectivity index (χ2v) is 14.2. The van der Waals surface area contributed by atoms with E-state index in [0.29, 0.717) is 0 Å². The average molecular weight is 680 g/mol. The fraction of sp³-hybridized carbons (Fsp3) is 0.0400. The van der Waals surface area contributed by atoms with Crippen LogP contribution < -0.4 is 0 Å². The fourth-order valence-electron chi connectivity index (χ4n) is 8.40. The molecule has 0 amide bonds. The van der Waals surface area contributed by atoms with Crippen LogP contribution in [-0.4, -0.2) is 4.57 Å². The molecule has 0 saturated carbocycles. The van der Waals surface area contributed by atoms with Gasteiger partial charge in [-0.15, -0.1) is 0 Å². The number of hydrogen-bond donors (Lipinski definition) is 0. The Morgan fingerprint density at radius 3 is 1.60 bits per heavy atom. The lowest BCUT2D eigenvalue weighted by atomic mass is 9.93. The van der Waals surface area contributed by atoms with Gasteiger partial charge in [-0.25, -0.2) is 0 Å². The van der Waals surface area contributed by atoms with Crippen molar-refractivity contribution in [3.63, 3.8) is 0 Å². The summed E-state index contributed by atoms with van der Waals surface area (Å²) in [7, 11) is 0. The zero-order chi connectivity index (χ0) is 35.2. The van der Waals surface area contributed by atoms with E-state index in [4.69, 9.17) is 8.83 Å². The fourth-order valence-corrected chi connectivity index (χ4v) is 8.40. The summed E-state index contributed by atoms with van der Waals surface area (Å²) in [4.78, 5) is 0. The van der Waals surface area contributed by atoms with Crippen molar-refractivity contribution in [3.8, 4) is 39.1 Å². The largest absolute Gasteiger partial charge is 0.452 e. The van der Waals surface area contributed by atoms with Crippen LogP contribution in [0.25, 0.3) is 105 Å². The first-order valence-corrected chi connectivity index (χ1v) is 18.2. The number of hydrogen-bond acceptors (Lipinski definition) is 2. The lowest BCUT2D eigenvalue weighted by Crippen LogP contribution is -1.92. The van der Waals surface area contributed by atoms with E-state index >= 15 is 0 Å². The number of nitrogens with zero attached hydrogens (tertiary/aromatic N) is 1. The van der Waals surface area contributed by atoms with Crippen molar-refractivity contribution in [1.29, 1.82) is 0 Å². The molecule has 8 aromatic carbocycles. The number of rotatable bonds is 4. The average Bonchev–Trinajstić information content (AvgIpc) is 3.87. The Kier molecular flexibility index (Phi) is 6.38. The van der Waals surface area contributed by atoms with Crippen LogP contribution in [-0.2, 0) is 0 Å². The molecule has 0 unspecified atom stereocenters. The van der Waals surface area contributed by atoms with Gasteiger partial charge in [0.15, 0.2) is 11.2 Å². The van der Waals surface area contributed by atoms with Gasteiger partial charge in [0.05, 0.1) is 11.0 Å². The monoisotopic (exact) mass is 679 g/mol. The molecule has 3 aromatic heterocycles. The molecule has 11 rings (SSSR count). The van der Waals surface area contributed by atoms with Gasteiger partial charge in [-0.05, 0) is 131 Å². The minimum absolute atomic E-state index is 0.783. The van der Waals surface area contributed by atoms with Crippen molar-refractivity contribution in [3.05, 3.63) is 175 Å². The Balaban J connectivity index is 1.01. The van der Waals surface area contributed by atoms with E-state index in [1.54, 1.807) is 0 Å². The normalized spacial score (nSPS) is 12.0. The Labute approximate surface area is 305 Å². The standard InChI is InChI=1S/C50H33NO2/c1-30-10-6-7-13-37(30)43-26-32(17-16-31(43)2)34-18-21-39-41-23-24-42-40-22-19-35(29-48(40)53-50(42)49(41)52-47(39)28-34)33-20-25-46-44(27-33)38-14-8-9-15-45(38)51(46)36-11-4-3-5-12-36/h3-29H,1-2H3. The van der Waals surface area contributed by atoms with Crippen LogP contribution in [0.3, 0.4) is 0 Å². The van der Waals surface area contributed by atoms with Crippen LogP contribution in [0.1, 0.15) is 11.1 Å². The van der Waals surface area contributed by atoms with Crippen molar-refractivity contribution >= 4 is 65.7 Å². The van der Waals surface area contributed by atoms with Gasteiger partial charge in [0.1, 0.15) is 11.2 Å². The van der Waals surface area contributed by atoms with Gasteiger partial charge in [0.25, 0.3) is 0 Å². The first-order chi connectivity index (χ1) is 26.1. The zero-order valence-corrected chi connectivity index (χ0v) is 29.4. The van der Waals surface area contributed by atoms with Crippen LogP contribution in [0.2, 0.25) is 0 Å². The van der Waals surface area contributed by atoms with Crippen molar-refractivity contribution in [2.75, 3.05) is 0 Å². The highest BCUT2D eigenvalue weighted by Gasteiger charge is 2.18. The van der Waals surface area contributed by atoms with Crippen LogP contribution in [0.15, 0.2) is 173 Å². The third-order valence-corrected chi connectivity index (χ3v) is 11.1. The van der Waals surface area contributed by atoms with E-state index in [-0.39, 0.29) is 0 Å². The molecule has 0 aliphatic heterocycles. The molecule has 3 heteroatoms. The highest BCUT2D eigenvalue weighted by atomic mass is 16.4. The van der Waals surface area contributed by atoms with E-state index in [0.717, 1.165) is 66.3 Å². The maximum atomic E-state index is 6.68. The highest BCUT2D eigenvalue weighted by Crippen LogP contribution is 2.42. The second-order valence-electron chi connectivity index (χ2n) is 14.2. The third kappa shape index (κ3) is 4.54. The van der Waals surface area contributed by atoms with Crippen LogP contribution in [0, 0.1) is 13.8 Å². The minimum atomic E-state index is 0.783. The van der Waals surface area contributed by atoms with E-state index in [2.05, 4.69) is 182 Å². The topological polar surface area (TPSA) is 31.2 Å². The number of aromatic nitrogens is 1. The zero-order valence-electron chi connectivity index (χ0n) is 29.4. The SMILES string of the molecule is Cc1ccccc1-c1cc(-c2ccc3c(c2)oc2c3ccc3c4ccc(-c5ccc6c(c5)c5ccccc5n6-c5ccccc5)cc4oc32)ccc1C. The molecular formula is C50H33NO2. The van der Waals surface area contributed by atoms with Gasteiger partial charge in [-0.3, -0.25) is 0 Å². The summed E-state index contributed by atoms with van der Waals surface area (Å²) in [6.45, 7) is 4.35. The lowest BCUT2D eigenvalue weighted by molar-refractivity contribution is 0.633. The summed E-state index contributed by atoms with van der Waals surface area (Å²) < 4.78 is 15.7. The van der Waals surface area contributed by atoms with E-state index in [1.807, 2.05) is 0 Å². The molecule has 0 bridgehead atoms. The number of benzene rings is 8. The summed E-state index contributed by atoms with van der Waals surface area (Å²) in [5.41, 5.74) is 16.4. The van der Waals surface area contributed by atoms with E-state index < -0.39 is 0 Å². The van der Waals surface area contributed by atoms with Crippen LogP contribution >= 0.6 is 0 Å². The molecule has 0 spiro atoms. The molecule has 0 radical (unpaired) electrons. The predicted molar refractivity (Wildman–Crippen MR) is 221 cm³/mol. The van der Waals surface area contributed by atoms with Gasteiger partial charge in [0.2, 0.25) is 0 Å². The van der Waals surface area contributed by atoms with Crippen LogP contribution in [0.5, 0.6) is 0 Å². The Bertz CT molecular complexity index is 3250. The number of fused-ring (bicyclic) bond motifs is 10. The van der Waals surface area contributed by atoms with Gasteiger partial charge < -0.3 is 13.4 Å². The number of para-hydroxylation sites is 2. The smallest absolute Gasteiger partial charge is 0.178 e. The van der Waals surface area contributed by atoms with Crippen molar-refractivity contribution in [2.24, 2.45) is 0 Å². The maximum Gasteiger partial charge on any atom is 0.178 e. The summed E-state index contributed by atoms with van der Waals surface area (Å²) in [5, 5.41) is 6.75. The first-order valence-electron chi connectivity index (χ1n) is 18.2. The Morgan fingerprint density at radius 1 is 0.358 bits per heavy atom. The molecule has 0 saturated heterocycles. The summed E-state index contributed by atoms with van der Waals surface area (Å²) in [6.07, 6.45) is 0. The Hall–Kier alpha value is -6.84. The first kappa shape index (κ1) is 29.8.